The number of hydrogen-bond acceptors (Lipinski definition) is 4. The first-order valence-corrected chi connectivity index (χ1v) is 5.91. The Morgan fingerprint density at radius 3 is 2.63 bits per heavy atom. The zero-order valence-corrected chi connectivity index (χ0v) is 11.0. The second-order valence-electron chi connectivity index (χ2n) is 4.50. The Bertz CT molecular complexity index is 601. The predicted octanol–water partition coefficient (Wildman–Crippen LogP) is 3.17. The summed E-state index contributed by atoms with van der Waals surface area (Å²) in [6.45, 7) is 4.18. The van der Waals surface area contributed by atoms with Crippen LogP contribution in [0, 0.1) is 0 Å². The van der Waals surface area contributed by atoms with E-state index in [0.29, 0.717) is 23.0 Å². The minimum Gasteiger partial charge on any atom is -0.496 e. The molecular weight excluding hydrogens is 246 g/mol. The highest BCUT2D eigenvalue weighted by molar-refractivity contribution is 5.86. The maximum absolute atomic E-state index is 10.8. The summed E-state index contributed by atoms with van der Waals surface area (Å²) in [5.74, 6) is 0.281. The van der Waals surface area contributed by atoms with Crippen molar-refractivity contribution in [3.8, 4) is 17.1 Å². The third kappa shape index (κ3) is 2.59. The monoisotopic (exact) mass is 261 g/mol. The molecule has 100 valence electrons. The fourth-order valence-electron chi connectivity index (χ4n) is 1.77. The molecule has 1 aromatic carbocycles. The number of rotatable bonds is 4. The van der Waals surface area contributed by atoms with E-state index >= 15 is 0 Å². The molecule has 0 fully saturated rings. The fourth-order valence-corrected chi connectivity index (χ4v) is 1.77. The summed E-state index contributed by atoms with van der Waals surface area (Å²) in [6.07, 6.45) is 0. The van der Waals surface area contributed by atoms with E-state index in [1.165, 1.54) is 6.07 Å². The molecule has 0 aliphatic rings. The van der Waals surface area contributed by atoms with Gasteiger partial charge in [0.05, 0.1) is 12.7 Å². The van der Waals surface area contributed by atoms with Crippen LogP contribution in [0.4, 0.5) is 0 Å². The fraction of sp³-hybridized carbons (Fsp3) is 0.286. The summed E-state index contributed by atoms with van der Waals surface area (Å²) >= 11 is 0. The van der Waals surface area contributed by atoms with Crippen LogP contribution in [0.25, 0.3) is 11.3 Å². The molecule has 0 amide bonds. The Kier molecular flexibility index (Phi) is 3.55. The van der Waals surface area contributed by atoms with Gasteiger partial charge in [-0.1, -0.05) is 25.1 Å². The summed E-state index contributed by atoms with van der Waals surface area (Å²) in [5, 5.41) is 12.3. The first-order valence-electron chi connectivity index (χ1n) is 5.91. The Balaban J connectivity index is 2.46. The summed E-state index contributed by atoms with van der Waals surface area (Å²) < 4.78 is 10.4. The lowest BCUT2D eigenvalue weighted by Crippen LogP contribution is -1.94. The van der Waals surface area contributed by atoms with Crippen molar-refractivity contribution in [1.82, 2.24) is 5.16 Å². The summed E-state index contributed by atoms with van der Waals surface area (Å²) in [6, 6.07) is 7.12. The number of ether oxygens (including phenoxy) is 1. The van der Waals surface area contributed by atoms with Gasteiger partial charge in [0.2, 0.25) is 0 Å². The standard InChI is InChI=1S/C14H15NO4/c1-8(2)9-4-5-10(12(6-9)18-3)13-7-11(14(16)17)15-19-13/h4-8H,1-3H3,(H,16,17). The van der Waals surface area contributed by atoms with Gasteiger partial charge in [0.25, 0.3) is 0 Å². The van der Waals surface area contributed by atoms with Crippen molar-refractivity contribution in [2.24, 2.45) is 0 Å². The molecule has 5 nitrogen and oxygen atoms in total. The highest BCUT2D eigenvalue weighted by Gasteiger charge is 2.16. The number of aromatic carboxylic acids is 1. The lowest BCUT2D eigenvalue weighted by molar-refractivity contribution is 0.0686. The second kappa shape index (κ2) is 5.14. The zero-order valence-electron chi connectivity index (χ0n) is 11.0. The second-order valence-corrected chi connectivity index (χ2v) is 4.50. The Hall–Kier alpha value is -2.30. The number of hydrogen-bond donors (Lipinski definition) is 1. The number of aromatic nitrogens is 1. The Morgan fingerprint density at radius 1 is 1.37 bits per heavy atom. The molecular formula is C14H15NO4. The Morgan fingerprint density at radius 2 is 2.11 bits per heavy atom. The molecule has 1 aromatic heterocycles. The van der Waals surface area contributed by atoms with Gasteiger partial charge in [-0.05, 0) is 23.6 Å². The van der Waals surface area contributed by atoms with Crippen molar-refractivity contribution in [3.63, 3.8) is 0 Å². The van der Waals surface area contributed by atoms with Gasteiger partial charge >= 0.3 is 5.97 Å². The van der Waals surface area contributed by atoms with Crippen molar-refractivity contribution in [1.29, 1.82) is 0 Å². The minimum absolute atomic E-state index is 0.120. The highest BCUT2D eigenvalue weighted by atomic mass is 16.5. The molecule has 0 saturated carbocycles. The average Bonchev–Trinajstić information content (AvgIpc) is 2.87. The summed E-state index contributed by atoms with van der Waals surface area (Å²) in [7, 11) is 1.57. The van der Waals surface area contributed by atoms with E-state index < -0.39 is 5.97 Å². The SMILES string of the molecule is COc1cc(C(C)C)ccc1-c1cc(C(=O)O)no1. The van der Waals surface area contributed by atoms with Crippen LogP contribution < -0.4 is 4.74 Å². The lowest BCUT2D eigenvalue weighted by atomic mass is 10.00. The molecule has 2 rings (SSSR count). The van der Waals surface area contributed by atoms with Gasteiger partial charge in [0.1, 0.15) is 5.75 Å². The van der Waals surface area contributed by atoms with E-state index in [0.717, 1.165) is 5.56 Å². The maximum atomic E-state index is 10.8. The first kappa shape index (κ1) is 13.1. The van der Waals surface area contributed by atoms with Crippen LogP contribution in [-0.2, 0) is 0 Å². The van der Waals surface area contributed by atoms with Crippen molar-refractivity contribution in [3.05, 3.63) is 35.5 Å². The van der Waals surface area contributed by atoms with Crippen LogP contribution in [-0.4, -0.2) is 23.3 Å². The van der Waals surface area contributed by atoms with Gasteiger partial charge < -0.3 is 14.4 Å². The van der Waals surface area contributed by atoms with Gasteiger partial charge in [0.15, 0.2) is 11.5 Å². The lowest BCUT2D eigenvalue weighted by Gasteiger charge is -2.10. The molecule has 0 spiro atoms. The van der Waals surface area contributed by atoms with E-state index in [-0.39, 0.29) is 5.69 Å². The zero-order chi connectivity index (χ0) is 14.0. The molecule has 5 heteroatoms. The third-order valence-corrected chi connectivity index (χ3v) is 2.89. The van der Waals surface area contributed by atoms with Crippen molar-refractivity contribution < 1.29 is 19.2 Å². The van der Waals surface area contributed by atoms with Crippen LogP contribution >= 0.6 is 0 Å². The molecule has 0 aliphatic carbocycles. The van der Waals surface area contributed by atoms with Gasteiger partial charge in [-0.25, -0.2) is 4.79 Å². The van der Waals surface area contributed by atoms with Crippen LogP contribution in [0.15, 0.2) is 28.8 Å². The summed E-state index contributed by atoms with van der Waals surface area (Å²) in [4.78, 5) is 10.8. The molecule has 0 unspecified atom stereocenters. The smallest absolute Gasteiger partial charge is 0.358 e. The maximum Gasteiger partial charge on any atom is 0.358 e. The topological polar surface area (TPSA) is 72.6 Å². The first-order chi connectivity index (χ1) is 9.02. The molecule has 0 bridgehead atoms. The molecule has 0 atom stereocenters. The van der Waals surface area contributed by atoms with E-state index in [1.54, 1.807) is 7.11 Å². The van der Waals surface area contributed by atoms with Crippen molar-refractivity contribution >= 4 is 5.97 Å². The molecule has 1 heterocycles. The number of nitrogens with zero attached hydrogens (tertiary/aromatic N) is 1. The van der Waals surface area contributed by atoms with Gasteiger partial charge in [-0.3, -0.25) is 0 Å². The van der Waals surface area contributed by atoms with Crippen molar-refractivity contribution in [2.45, 2.75) is 19.8 Å². The molecule has 0 saturated heterocycles. The van der Waals surface area contributed by atoms with Crippen LogP contribution in [0.2, 0.25) is 0 Å². The largest absolute Gasteiger partial charge is 0.496 e. The van der Waals surface area contributed by atoms with E-state index in [9.17, 15) is 4.79 Å². The predicted molar refractivity (Wildman–Crippen MR) is 69.5 cm³/mol. The Labute approximate surface area is 110 Å². The molecule has 1 N–H and O–H groups in total. The summed E-state index contributed by atoms with van der Waals surface area (Å²) in [5.41, 5.74) is 1.70. The average molecular weight is 261 g/mol. The molecule has 0 radical (unpaired) electrons. The van der Waals surface area contributed by atoms with Crippen molar-refractivity contribution in [2.75, 3.05) is 7.11 Å². The van der Waals surface area contributed by atoms with E-state index in [4.69, 9.17) is 14.4 Å². The number of carboxylic acid groups (broad SMARTS) is 1. The third-order valence-electron chi connectivity index (χ3n) is 2.89. The van der Waals surface area contributed by atoms with Crippen LogP contribution in [0.3, 0.4) is 0 Å². The molecule has 0 aliphatic heterocycles. The van der Waals surface area contributed by atoms with Gasteiger partial charge in [-0.15, -0.1) is 0 Å². The van der Waals surface area contributed by atoms with Gasteiger partial charge in [-0.2, -0.15) is 0 Å². The van der Waals surface area contributed by atoms with E-state index in [2.05, 4.69) is 19.0 Å². The van der Waals surface area contributed by atoms with Gasteiger partial charge in [0, 0.05) is 6.07 Å². The number of carboxylic acids is 1. The quantitative estimate of drug-likeness (QED) is 0.915. The minimum atomic E-state index is -1.12. The number of benzene rings is 1. The van der Waals surface area contributed by atoms with Crippen LogP contribution in [0.5, 0.6) is 5.75 Å². The molecule has 2 aromatic rings. The van der Waals surface area contributed by atoms with Crippen LogP contribution in [0.1, 0.15) is 35.8 Å². The van der Waals surface area contributed by atoms with E-state index in [1.807, 2.05) is 18.2 Å². The number of methoxy groups -OCH3 is 1. The number of carbonyl (C=O) groups is 1. The normalized spacial score (nSPS) is 10.7. The molecule has 19 heavy (non-hydrogen) atoms. The highest BCUT2D eigenvalue weighted by Crippen LogP contribution is 2.33.